The number of halogens is 1. The molecule has 0 unspecified atom stereocenters. The van der Waals surface area contributed by atoms with Gasteiger partial charge in [-0.15, -0.1) is 0 Å². The van der Waals surface area contributed by atoms with E-state index in [4.69, 9.17) is 10.1 Å². The summed E-state index contributed by atoms with van der Waals surface area (Å²) >= 11 is 3.30. The summed E-state index contributed by atoms with van der Waals surface area (Å²) in [7, 11) is 0. The van der Waals surface area contributed by atoms with Crippen LogP contribution in [0.2, 0.25) is 0 Å². The lowest BCUT2D eigenvalue weighted by Crippen LogP contribution is -2.47. The van der Waals surface area contributed by atoms with E-state index in [0.717, 1.165) is 36.8 Å². The fourth-order valence-electron chi connectivity index (χ4n) is 2.96. The number of carbonyl (C=O) groups excluding carboxylic acids is 1. The standard InChI is InChI=1S/C18H28BrN5O2/c1-12(2)16(20)23-18(25)24-7-4-14(5-8-24)13(3)6-9-26-17-21-10-15(19)11-22-17/h10-14H,4-9H2,1-3H3,(H2,20,23,25)/t13-/m1/s1. The van der Waals surface area contributed by atoms with Gasteiger partial charge in [-0.05, 0) is 47.0 Å². The molecule has 1 fully saturated rings. The van der Waals surface area contributed by atoms with Crippen molar-refractivity contribution in [2.45, 2.75) is 40.0 Å². The molecule has 0 bridgehead atoms. The first kappa shape index (κ1) is 20.6. The largest absolute Gasteiger partial charge is 0.463 e. The van der Waals surface area contributed by atoms with Crippen LogP contribution in [0.5, 0.6) is 6.01 Å². The molecule has 1 aromatic heterocycles. The van der Waals surface area contributed by atoms with Crippen molar-refractivity contribution in [2.24, 2.45) is 17.8 Å². The van der Waals surface area contributed by atoms with Gasteiger partial charge in [0, 0.05) is 31.4 Å². The Balaban J connectivity index is 1.69. The normalized spacial score (nSPS) is 16.4. The molecule has 1 saturated heterocycles. The average Bonchev–Trinajstić information content (AvgIpc) is 2.63. The number of hydrogen-bond donors (Lipinski definition) is 2. The van der Waals surface area contributed by atoms with E-state index in [-0.39, 0.29) is 17.8 Å². The molecule has 2 rings (SSSR count). The first-order valence-corrected chi connectivity index (χ1v) is 9.90. The van der Waals surface area contributed by atoms with E-state index in [1.54, 1.807) is 12.4 Å². The predicted molar refractivity (Wildman–Crippen MR) is 104 cm³/mol. The molecule has 1 aliphatic rings. The van der Waals surface area contributed by atoms with E-state index in [1.807, 2.05) is 18.7 Å². The van der Waals surface area contributed by atoms with Gasteiger partial charge in [0.25, 0.3) is 0 Å². The topological polar surface area (TPSA) is 91.2 Å². The number of carbonyl (C=O) groups is 1. The van der Waals surface area contributed by atoms with Crippen molar-refractivity contribution in [3.63, 3.8) is 0 Å². The quantitative estimate of drug-likeness (QED) is 0.536. The van der Waals surface area contributed by atoms with Crippen molar-refractivity contribution in [1.82, 2.24) is 20.2 Å². The van der Waals surface area contributed by atoms with E-state index in [0.29, 0.717) is 24.5 Å². The fraction of sp³-hybridized carbons (Fsp3) is 0.667. The van der Waals surface area contributed by atoms with Gasteiger partial charge in [0.2, 0.25) is 0 Å². The van der Waals surface area contributed by atoms with Crippen LogP contribution in [0.15, 0.2) is 16.9 Å². The SMILES string of the molecule is CC(C)C(=N)NC(=O)N1CCC([C@H](C)CCOc2ncc(Br)cn2)CC1. The van der Waals surface area contributed by atoms with Crippen LogP contribution in [0.3, 0.4) is 0 Å². The van der Waals surface area contributed by atoms with Gasteiger partial charge >= 0.3 is 12.0 Å². The molecular weight excluding hydrogens is 398 g/mol. The number of ether oxygens (including phenoxy) is 1. The highest BCUT2D eigenvalue weighted by Gasteiger charge is 2.26. The van der Waals surface area contributed by atoms with Crippen LogP contribution in [0.1, 0.15) is 40.0 Å². The first-order valence-electron chi connectivity index (χ1n) is 9.11. The maximum Gasteiger partial charge on any atom is 0.322 e. The fourth-order valence-corrected chi connectivity index (χ4v) is 3.16. The predicted octanol–water partition coefficient (Wildman–Crippen LogP) is 3.70. The lowest BCUT2D eigenvalue weighted by atomic mass is 9.84. The summed E-state index contributed by atoms with van der Waals surface area (Å²) in [6, 6.07) is 0.255. The number of amidine groups is 1. The summed E-state index contributed by atoms with van der Waals surface area (Å²) < 4.78 is 6.44. The van der Waals surface area contributed by atoms with Crippen LogP contribution in [0.25, 0.3) is 0 Å². The van der Waals surface area contributed by atoms with Gasteiger partial charge in [-0.1, -0.05) is 20.8 Å². The lowest BCUT2D eigenvalue weighted by Gasteiger charge is -2.35. The summed E-state index contributed by atoms with van der Waals surface area (Å²) in [5.74, 6) is 1.41. The molecule has 8 heteroatoms. The highest BCUT2D eigenvalue weighted by atomic mass is 79.9. The molecule has 2 amide bonds. The Bertz CT molecular complexity index is 600. The van der Waals surface area contributed by atoms with Gasteiger partial charge in [-0.25, -0.2) is 14.8 Å². The number of hydrogen-bond acceptors (Lipinski definition) is 5. The second-order valence-corrected chi connectivity index (χ2v) is 8.04. The molecule has 0 radical (unpaired) electrons. The minimum atomic E-state index is -0.148. The van der Waals surface area contributed by atoms with Gasteiger partial charge < -0.3 is 9.64 Å². The van der Waals surface area contributed by atoms with Crippen molar-refractivity contribution in [3.05, 3.63) is 16.9 Å². The molecule has 0 saturated carbocycles. The number of urea groups is 1. The van der Waals surface area contributed by atoms with Crippen LogP contribution in [0, 0.1) is 23.2 Å². The Morgan fingerprint density at radius 1 is 1.35 bits per heavy atom. The Kier molecular flexibility index (Phi) is 7.81. The van der Waals surface area contributed by atoms with Crippen molar-refractivity contribution in [1.29, 1.82) is 5.41 Å². The van der Waals surface area contributed by atoms with Gasteiger partial charge in [0.05, 0.1) is 11.1 Å². The zero-order valence-corrected chi connectivity index (χ0v) is 17.3. The lowest BCUT2D eigenvalue weighted by molar-refractivity contribution is 0.145. The molecule has 1 atom stereocenters. The third-order valence-corrected chi connectivity index (χ3v) is 5.26. The average molecular weight is 426 g/mol. The molecule has 144 valence electrons. The third-order valence-electron chi connectivity index (χ3n) is 4.85. The molecule has 2 N–H and O–H groups in total. The zero-order valence-electron chi connectivity index (χ0n) is 15.7. The van der Waals surface area contributed by atoms with Crippen molar-refractivity contribution < 1.29 is 9.53 Å². The van der Waals surface area contributed by atoms with Gasteiger partial charge in [0.15, 0.2) is 0 Å². The Labute approximate surface area is 163 Å². The summed E-state index contributed by atoms with van der Waals surface area (Å²) in [5, 5.41) is 10.5. The van der Waals surface area contributed by atoms with Crippen LogP contribution < -0.4 is 10.1 Å². The summed E-state index contributed by atoms with van der Waals surface area (Å²) in [4.78, 5) is 22.2. The van der Waals surface area contributed by atoms with Crippen molar-refractivity contribution in [2.75, 3.05) is 19.7 Å². The highest BCUT2D eigenvalue weighted by molar-refractivity contribution is 9.10. The molecule has 26 heavy (non-hydrogen) atoms. The third kappa shape index (κ3) is 6.23. The molecule has 0 aliphatic carbocycles. The van der Waals surface area contributed by atoms with E-state index in [9.17, 15) is 4.79 Å². The molecule has 1 aromatic rings. The number of nitrogens with zero attached hydrogens (tertiary/aromatic N) is 3. The summed E-state index contributed by atoms with van der Waals surface area (Å²) in [6.45, 7) is 8.11. The Morgan fingerprint density at radius 3 is 2.54 bits per heavy atom. The van der Waals surface area contributed by atoms with E-state index >= 15 is 0 Å². The maximum absolute atomic E-state index is 12.2. The molecule has 7 nitrogen and oxygen atoms in total. The number of nitrogens with one attached hydrogen (secondary N) is 2. The summed E-state index contributed by atoms with van der Waals surface area (Å²) in [5.41, 5.74) is 0. The number of likely N-dealkylation sites (tertiary alicyclic amines) is 1. The Morgan fingerprint density at radius 2 is 1.96 bits per heavy atom. The van der Waals surface area contributed by atoms with Gasteiger partial charge in [-0.3, -0.25) is 10.7 Å². The molecule has 2 heterocycles. The monoisotopic (exact) mass is 425 g/mol. The Hall–Kier alpha value is -1.70. The van der Waals surface area contributed by atoms with Gasteiger partial charge in [-0.2, -0.15) is 0 Å². The van der Waals surface area contributed by atoms with Gasteiger partial charge in [0.1, 0.15) is 5.84 Å². The number of piperidine rings is 1. The minimum absolute atomic E-state index is 0.0335. The second-order valence-electron chi connectivity index (χ2n) is 7.12. The number of rotatable bonds is 6. The minimum Gasteiger partial charge on any atom is -0.463 e. The zero-order chi connectivity index (χ0) is 19.1. The highest BCUT2D eigenvalue weighted by Crippen LogP contribution is 2.27. The second kappa shape index (κ2) is 9.85. The van der Waals surface area contributed by atoms with E-state index in [1.165, 1.54) is 0 Å². The maximum atomic E-state index is 12.2. The molecule has 0 spiro atoms. The van der Waals surface area contributed by atoms with Crippen LogP contribution in [-0.2, 0) is 0 Å². The van der Waals surface area contributed by atoms with Crippen LogP contribution in [0.4, 0.5) is 4.79 Å². The van der Waals surface area contributed by atoms with Crippen LogP contribution >= 0.6 is 15.9 Å². The van der Waals surface area contributed by atoms with Crippen molar-refractivity contribution >= 4 is 27.8 Å². The summed E-state index contributed by atoms with van der Waals surface area (Å²) in [6.07, 6.45) is 6.25. The molecule has 0 aromatic carbocycles. The molecule has 1 aliphatic heterocycles. The number of amides is 2. The smallest absolute Gasteiger partial charge is 0.322 e. The van der Waals surface area contributed by atoms with Crippen LogP contribution in [-0.4, -0.2) is 46.4 Å². The van der Waals surface area contributed by atoms with E-state index in [2.05, 4.69) is 38.1 Å². The number of aromatic nitrogens is 2. The van der Waals surface area contributed by atoms with E-state index < -0.39 is 0 Å². The first-order chi connectivity index (χ1) is 12.4. The van der Waals surface area contributed by atoms with Crippen molar-refractivity contribution in [3.8, 4) is 6.01 Å². The molecular formula is C18H28BrN5O2.